The molecule has 6 nitrogen and oxygen atoms in total. The van der Waals surface area contributed by atoms with E-state index in [1.165, 1.54) is 0 Å². The number of anilines is 2. The van der Waals surface area contributed by atoms with Crippen LogP contribution in [-0.2, 0) is 0 Å². The fourth-order valence-corrected chi connectivity index (χ4v) is 1.52. The number of hydrogen-bond acceptors (Lipinski definition) is 6. The molecular formula is C12H22N4O2. The first-order chi connectivity index (χ1) is 8.46. The van der Waals surface area contributed by atoms with Crippen LogP contribution in [0.1, 0.15) is 38.9 Å². The van der Waals surface area contributed by atoms with Crippen LogP contribution in [0.5, 0.6) is 0 Å². The number of nitrogens with one attached hydrogen (secondary N) is 1. The number of nitrogens with zero attached hydrogens (tertiary/aromatic N) is 2. The number of nitrogen functional groups attached to an aromatic ring is 1. The smallest absolute Gasteiger partial charge is 0.135 e. The molecule has 1 rings (SSSR count). The number of aromatic nitrogens is 2. The number of aliphatic hydroxyl groups excluding tert-OH is 2. The second kappa shape index (κ2) is 5.97. The molecule has 0 aromatic carbocycles. The summed E-state index contributed by atoms with van der Waals surface area (Å²) in [5.74, 6) is 1.69. The molecule has 0 aliphatic carbocycles. The number of hydrogen-bond donors (Lipinski definition) is 4. The Labute approximate surface area is 107 Å². The molecule has 0 unspecified atom stereocenters. The molecule has 0 aliphatic rings. The van der Waals surface area contributed by atoms with Gasteiger partial charge in [-0.2, -0.15) is 0 Å². The molecule has 0 fully saturated rings. The standard InChI is InChI=1S/C12H22N4O2/c1-4-12(6-17,7-18)16-10-5-9(13)14-11(15-10)8(2)3/h5,8,17-18H,4,6-7H2,1-3H3,(H3,13,14,15,16). The average molecular weight is 254 g/mol. The van der Waals surface area contributed by atoms with E-state index in [4.69, 9.17) is 5.73 Å². The summed E-state index contributed by atoms with van der Waals surface area (Å²) in [6, 6.07) is 1.60. The summed E-state index contributed by atoms with van der Waals surface area (Å²) in [5, 5.41) is 21.8. The molecule has 0 saturated heterocycles. The molecule has 18 heavy (non-hydrogen) atoms. The summed E-state index contributed by atoms with van der Waals surface area (Å²) in [4.78, 5) is 8.48. The highest BCUT2D eigenvalue weighted by molar-refractivity contribution is 5.46. The minimum Gasteiger partial charge on any atom is -0.394 e. The summed E-state index contributed by atoms with van der Waals surface area (Å²) in [5.41, 5.74) is 4.94. The Kier molecular flexibility index (Phi) is 4.86. The van der Waals surface area contributed by atoms with Crippen molar-refractivity contribution in [1.29, 1.82) is 0 Å². The maximum atomic E-state index is 9.39. The molecule has 1 aromatic heterocycles. The Bertz CT molecular complexity index is 383. The molecule has 102 valence electrons. The first kappa shape index (κ1) is 14.7. The van der Waals surface area contributed by atoms with Gasteiger partial charge in [0.2, 0.25) is 0 Å². The van der Waals surface area contributed by atoms with Gasteiger partial charge in [-0.1, -0.05) is 20.8 Å². The molecule has 0 radical (unpaired) electrons. The second-order valence-electron chi connectivity index (χ2n) is 4.77. The summed E-state index contributed by atoms with van der Waals surface area (Å²) < 4.78 is 0. The highest BCUT2D eigenvalue weighted by atomic mass is 16.3. The molecular weight excluding hydrogens is 232 g/mol. The van der Waals surface area contributed by atoms with Crippen molar-refractivity contribution in [1.82, 2.24) is 9.97 Å². The Morgan fingerprint density at radius 1 is 1.33 bits per heavy atom. The maximum Gasteiger partial charge on any atom is 0.135 e. The fraction of sp³-hybridized carbons (Fsp3) is 0.667. The first-order valence-electron chi connectivity index (χ1n) is 6.10. The van der Waals surface area contributed by atoms with Crippen LogP contribution < -0.4 is 11.1 Å². The third kappa shape index (κ3) is 3.30. The van der Waals surface area contributed by atoms with E-state index in [2.05, 4.69) is 15.3 Å². The van der Waals surface area contributed by atoms with Gasteiger partial charge < -0.3 is 21.3 Å². The molecule has 5 N–H and O–H groups in total. The van der Waals surface area contributed by atoms with E-state index in [0.717, 1.165) is 0 Å². The monoisotopic (exact) mass is 254 g/mol. The van der Waals surface area contributed by atoms with Gasteiger partial charge in [0.05, 0.1) is 18.8 Å². The predicted molar refractivity (Wildman–Crippen MR) is 71.3 cm³/mol. The van der Waals surface area contributed by atoms with Crippen LogP contribution in [0.2, 0.25) is 0 Å². The van der Waals surface area contributed by atoms with Crippen LogP contribution in [0, 0.1) is 0 Å². The van der Waals surface area contributed by atoms with Gasteiger partial charge in [0.15, 0.2) is 0 Å². The molecule has 0 atom stereocenters. The van der Waals surface area contributed by atoms with Crippen molar-refractivity contribution >= 4 is 11.6 Å². The van der Waals surface area contributed by atoms with E-state index < -0.39 is 5.54 Å². The lowest BCUT2D eigenvalue weighted by Gasteiger charge is -2.30. The van der Waals surface area contributed by atoms with Crippen LogP contribution in [0.15, 0.2) is 6.07 Å². The van der Waals surface area contributed by atoms with Crippen molar-refractivity contribution < 1.29 is 10.2 Å². The predicted octanol–water partition coefficient (Wildman–Crippen LogP) is 0.727. The molecule has 0 saturated carbocycles. The third-order valence-corrected chi connectivity index (χ3v) is 2.95. The van der Waals surface area contributed by atoms with Crippen LogP contribution in [0.25, 0.3) is 0 Å². The summed E-state index contributed by atoms with van der Waals surface area (Å²) in [6.07, 6.45) is 0.570. The minimum atomic E-state index is -0.783. The van der Waals surface area contributed by atoms with Gasteiger partial charge in [0, 0.05) is 12.0 Å². The van der Waals surface area contributed by atoms with E-state index in [9.17, 15) is 10.2 Å². The Morgan fingerprint density at radius 3 is 2.39 bits per heavy atom. The Hall–Kier alpha value is -1.40. The van der Waals surface area contributed by atoms with Crippen LogP contribution in [-0.4, -0.2) is 38.9 Å². The van der Waals surface area contributed by atoms with Gasteiger partial charge in [0.1, 0.15) is 17.5 Å². The highest BCUT2D eigenvalue weighted by Crippen LogP contribution is 2.20. The molecule has 0 aliphatic heterocycles. The van der Waals surface area contributed by atoms with E-state index in [0.29, 0.717) is 23.9 Å². The zero-order valence-electron chi connectivity index (χ0n) is 11.1. The van der Waals surface area contributed by atoms with E-state index in [1.54, 1.807) is 6.07 Å². The molecule has 6 heteroatoms. The van der Waals surface area contributed by atoms with Crippen LogP contribution >= 0.6 is 0 Å². The molecule has 0 amide bonds. The molecule has 1 aromatic rings. The van der Waals surface area contributed by atoms with Crippen molar-refractivity contribution in [3.8, 4) is 0 Å². The van der Waals surface area contributed by atoms with Crippen molar-refractivity contribution in [2.24, 2.45) is 0 Å². The van der Waals surface area contributed by atoms with Crippen molar-refractivity contribution in [3.05, 3.63) is 11.9 Å². The zero-order valence-corrected chi connectivity index (χ0v) is 11.1. The Balaban J connectivity index is 3.03. The first-order valence-corrected chi connectivity index (χ1v) is 6.10. The van der Waals surface area contributed by atoms with Gasteiger partial charge in [-0.05, 0) is 6.42 Å². The molecule has 0 spiro atoms. The third-order valence-electron chi connectivity index (χ3n) is 2.95. The summed E-state index contributed by atoms with van der Waals surface area (Å²) in [6.45, 7) is 5.47. The zero-order chi connectivity index (χ0) is 13.8. The van der Waals surface area contributed by atoms with Gasteiger partial charge in [0.25, 0.3) is 0 Å². The normalized spacial score (nSPS) is 11.9. The van der Waals surface area contributed by atoms with Gasteiger partial charge in [-0.25, -0.2) is 9.97 Å². The Morgan fingerprint density at radius 2 is 1.94 bits per heavy atom. The van der Waals surface area contributed by atoms with E-state index >= 15 is 0 Å². The highest BCUT2D eigenvalue weighted by Gasteiger charge is 2.27. The van der Waals surface area contributed by atoms with Gasteiger partial charge in [-0.15, -0.1) is 0 Å². The lowest BCUT2D eigenvalue weighted by Crippen LogP contribution is -2.45. The number of nitrogens with two attached hydrogens (primary N) is 1. The lowest BCUT2D eigenvalue weighted by atomic mass is 9.98. The number of rotatable bonds is 6. The minimum absolute atomic E-state index is 0.160. The molecule has 1 heterocycles. The SMILES string of the molecule is CCC(CO)(CO)Nc1cc(N)nc(C(C)C)n1. The quantitative estimate of drug-likeness (QED) is 0.596. The fourth-order valence-electron chi connectivity index (χ4n) is 1.52. The maximum absolute atomic E-state index is 9.39. The van der Waals surface area contributed by atoms with Crippen molar-refractivity contribution in [3.63, 3.8) is 0 Å². The topological polar surface area (TPSA) is 104 Å². The summed E-state index contributed by atoms with van der Waals surface area (Å²) >= 11 is 0. The van der Waals surface area contributed by atoms with Crippen molar-refractivity contribution in [2.45, 2.75) is 38.6 Å². The number of aliphatic hydroxyl groups is 2. The van der Waals surface area contributed by atoms with Gasteiger partial charge in [-0.3, -0.25) is 0 Å². The second-order valence-corrected chi connectivity index (χ2v) is 4.77. The van der Waals surface area contributed by atoms with Crippen molar-refractivity contribution in [2.75, 3.05) is 24.3 Å². The van der Waals surface area contributed by atoms with E-state index in [1.807, 2.05) is 20.8 Å². The van der Waals surface area contributed by atoms with Gasteiger partial charge >= 0.3 is 0 Å². The molecule has 0 bridgehead atoms. The largest absolute Gasteiger partial charge is 0.394 e. The lowest BCUT2D eigenvalue weighted by molar-refractivity contribution is 0.132. The summed E-state index contributed by atoms with van der Waals surface area (Å²) in [7, 11) is 0. The van der Waals surface area contributed by atoms with Crippen LogP contribution in [0.4, 0.5) is 11.6 Å². The van der Waals surface area contributed by atoms with E-state index in [-0.39, 0.29) is 19.1 Å². The average Bonchev–Trinajstić information content (AvgIpc) is 2.35. The van der Waals surface area contributed by atoms with Crippen LogP contribution in [0.3, 0.4) is 0 Å².